The van der Waals surface area contributed by atoms with Gasteiger partial charge < -0.3 is 5.11 Å². The largest absolute Gasteiger partial charge is 0.392 e. The molecular formula is C15H20F2N2O. The van der Waals surface area contributed by atoms with E-state index >= 15 is 0 Å². The van der Waals surface area contributed by atoms with Crippen molar-refractivity contribution in [2.24, 2.45) is 0 Å². The second kappa shape index (κ2) is 5.39. The van der Waals surface area contributed by atoms with Crippen molar-refractivity contribution in [2.45, 2.75) is 38.1 Å². The van der Waals surface area contributed by atoms with Crippen molar-refractivity contribution in [2.75, 3.05) is 19.6 Å². The Morgan fingerprint density at radius 3 is 2.55 bits per heavy atom. The van der Waals surface area contributed by atoms with E-state index in [-0.39, 0.29) is 6.10 Å². The van der Waals surface area contributed by atoms with Crippen LogP contribution < -0.4 is 0 Å². The van der Waals surface area contributed by atoms with Gasteiger partial charge in [0.15, 0.2) is 0 Å². The Hall–Kier alpha value is -1.04. The van der Waals surface area contributed by atoms with Gasteiger partial charge in [-0.25, -0.2) is 8.78 Å². The van der Waals surface area contributed by atoms with Gasteiger partial charge in [-0.3, -0.25) is 9.80 Å². The molecular weight excluding hydrogens is 262 g/mol. The van der Waals surface area contributed by atoms with Gasteiger partial charge in [0.1, 0.15) is 11.6 Å². The first kappa shape index (κ1) is 13.9. The second-order valence-corrected chi connectivity index (χ2v) is 6.05. The predicted octanol–water partition coefficient (Wildman–Crippen LogP) is 1.60. The first-order valence-corrected chi connectivity index (χ1v) is 7.12. The molecule has 2 heterocycles. The van der Waals surface area contributed by atoms with Gasteiger partial charge in [0.05, 0.1) is 6.10 Å². The monoisotopic (exact) mass is 282 g/mol. The van der Waals surface area contributed by atoms with Crippen LogP contribution in [0.15, 0.2) is 18.2 Å². The summed E-state index contributed by atoms with van der Waals surface area (Å²) in [5.41, 5.74) is 0.668. The molecule has 2 aliphatic rings. The zero-order valence-electron chi connectivity index (χ0n) is 11.6. The van der Waals surface area contributed by atoms with Gasteiger partial charge in [0, 0.05) is 44.3 Å². The summed E-state index contributed by atoms with van der Waals surface area (Å²) in [5, 5.41) is 9.74. The molecule has 20 heavy (non-hydrogen) atoms. The van der Waals surface area contributed by atoms with Crippen molar-refractivity contribution in [3.63, 3.8) is 0 Å². The van der Waals surface area contributed by atoms with Crippen molar-refractivity contribution < 1.29 is 13.9 Å². The van der Waals surface area contributed by atoms with Gasteiger partial charge >= 0.3 is 0 Å². The summed E-state index contributed by atoms with van der Waals surface area (Å²) >= 11 is 0. The first-order chi connectivity index (χ1) is 9.51. The Bertz CT molecular complexity index is 477. The van der Waals surface area contributed by atoms with Crippen LogP contribution in [0.25, 0.3) is 0 Å². The molecule has 3 rings (SSSR count). The molecule has 0 amide bonds. The lowest BCUT2D eigenvalue weighted by Crippen LogP contribution is -2.54. The molecule has 0 aromatic heterocycles. The summed E-state index contributed by atoms with van der Waals surface area (Å²) in [5.74, 6) is -1.05. The number of nitrogens with zero attached hydrogens (tertiary/aromatic N) is 2. The van der Waals surface area contributed by atoms with E-state index in [9.17, 15) is 13.9 Å². The van der Waals surface area contributed by atoms with Crippen LogP contribution in [-0.2, 0) is 6.54 Å². The number of aliphatic hydroxyl groups is 1. The Morgan fingerprint density at radius 1 is 1.15 bits per heavy atom. The van der Waals surface area contributed by atoms with Crippen molar-refractivity contribution in [1.29, 1.82) is 0 Å². The molecule has 0 spiro atoms. The lowest BCUT2D eigenvalue weighted by molar-refractivity contribution is 0.0527. The highest BCUT2D eigenvalue weighted by atomic mass is 19.1. The fraction of sp³-hybridized carbons (Fsp3) is 0.600. The summed E-state index contributed by atoms with van der Waals surface area (Å²) in [6.07, 6.45) is 0.555. The molecule has 2 saturated heterocycles. The maximum Gasteiger partial charge on any atom is 0.126 e. The third kappa shape index (κ3) is 2.85. The minimum absolute atomic E-state index is 0.237. The van der Waals surface area contributed by atoms with Crippen molar-refractivity contribution in [3.8, 4) is 0 Å². The lowest BCUT2D eigenvalue weighted by Gasteiger charge is -2.42. The van der Waals surface area contributed by atoms with Crippen LogP contribution in [-0.4, -0.2) is 52.7 Å². The Balaban J connectivity index is 1.70. The predicted molar refractivity (Wildman–Crippen MR) is 72.2 cm³/mol. The van der Waals surface area contributed by atoms with Gasteiger partial charge in [0.2, 0.25) is 0 Å². The molecule has 0 bridgehead atoms. The number of fused-ring (bicyclic) bond motifs is 1. The molecule has 5 heteroatoms. The molecule has 110 valence electrons. The normalized spacial score (nSPS) is 31.5. The molecule has 2 fully saturated rings. The van der Waals surface area contributed by atoms with E-state index in [1.807, 2.05) is 0 Å². The van der Waals surface area contributed by atoms with Gasteiger partial charge in [-0.2, -0.15) is 0 Å². The van der Waals surface area contributed by atoms with Crippen molar-refractivity contribution >= 4 is 0 Å². The minimum atomic E-state index is -0.525. The van der Waals surface area contributed by atoms with Crippen LogP contribution in [0.5, 0.6) is 0 Å². The topological polar surface area (TPSA) is 26.7 Å². The maximum atomic E-state index is 13.2. The zero-order valence-corrected chi connectivity index (χ0v) is 11.6. The van der Waals surface area contributed by atoms with E-state index < -0.39 is 11.6 Å². The van der Waals surface area contributed by atoms with E-state index in [1.54, 1.807) is 0 Å². The highest BCUT2D eigenvalue weighted by Gasteiger charge is 2.37. The molecule has 1 aromatic carbocycles. The molecule has 3 atom stereocenters. The highest BCUT2D eigenvalue weighted by molar-refractivity contribution is 5.18. The Morgan fingerprint density at radius 2 is 1.85 bits per heavy atom. The second-order valence-electron chi connectivity index (χ2n) is 6.05. The van der Waals surface area contributed by atoms with Crippen LogP contribution in [0.2, 0.25) is 0 Å². The van der Waals surface area contributed by atoms with Crippen LogP contribution in [0.1, 0.15) is 18.9 Å². The number of piperazine rings is 1. The third-order valence-corrected chi connectivity index (χ3v) is 4.38. The number of halogens is 2. The number of aliphatic hydroxyl groups excluding tert-OH is 1. The molecule has 0 unspecified atom stereocenters. The molecule has 0 radical (unpaired) electrons. The summed E-state index contributed by atoms with van der Waals surface area (Å²) in [6.45, 7) is 5.17. The Kier molecular flexibility index (Phi) is 3.75. The summed E-state index contributed by atoms with van der Waals surface area (Å²) < 4.78 is 26.5. The Labute approximate surface area is 117 Å². The smallest absolute Gasteiger partial charge is 0.126 e. The SMILES string of the molecule is C[C@@H]1CN2C[C@H](O)C[C@@H]2CN1Cc1cc(F)cc(F)c1. The van der Waals surface area contributed by atoms with Gasteiger partial charge in [0.25, 0.3) is 0 Å². The zero-order chi connectivity index (χ0) is 14.3. The van der Waals surface area contributed by atoms with E-state index in [0.717, 1.165) is 32.1 Å². The lowest BCUT2D eigenvalue weighted by atomic mass is 10.1. The summed E-state index contributed by atoms with van der Waals surface area (Å²) in [4.78, 5) is 4.56. The number of rotatable bonds is 2. The highest BCUT2D eigenvalue weighted by Crippen LogP contribution is 2.26. The summed E-state index contributed by atoms with van der Waals surface area (Å²) in [7, 11) is 0. The number of hydrogen-bond acceptors (Lipinski definition) is 3. The van der Waals surface area contributed by atoms with E-state index in [2.05, 4.69) is 16.7 Å². The average molecular weight is 282 g/mol. The standard InChI is InChI=1S/C15H20F2N2O/c1-10-6-19-9-15(20)5-14(19)8-18(10)7-11-2-12(16)4-13(17)3-11/h2-4,10,14-15,20H,5-9H2,1H3/t10-,14-,15-/m1/s1. The van der Waals surface area contributed by atoms with Crippen molar-refractivity contribution in [1.82, 2.24) is 9.80 Å². The molecule has 1 N–H and O–H groups in total. The molecule has 0 aliphatic carbocycles. The van der Waals surface area contributed by atoms with Crippen LogP contribution in [0.3, 0.4) is 0 Å². The number of benzene rings is 1. The van der Waals surface area contributed by atoms with Gasteiger partial charge in [-0.1, -0.05) is 0 Å². The fourth-order valence-electron chi connectivity index (χ4n) is 3.43. The van der Waals surface area contributed by atoms with Crippen molar-refractivity contribution in [3.05, 3.63) is 35.4 Å². The average Bonchev–Trinajstić information content (AvgIpc) is 2.67. The summed E-state index contributed by atoms with van der Waals surface area (Å²) in [6, 6.07) is 4.37. The van der Waals surface area contributed by atoms with Crippen LogP contribution in [0.4, 0.5) is 8.78 Å². The molecule has 2 aliphatic heterocycles. The minimum Gasteiger partial charge on any atom is -0.392 e. The first-order valence-electron chi connectivity index (χ1n) is 7.12. The quantitative estimate of drug-likeness (QED) is 0.892. The van der Waals surface area contributed by atoms with E-state index in [1.165, 1.54) is 12.1 Å². The van der Waals surface area contributed by atoms with Crippen LogP contribution in [0, 0.1) is 11.6 Å². The van der Waals surface area contributed by atoms with Crippen LogP contribution >= 0.6 is 0 Å². The molecule has 3 nitrogen and oxygen atoms in total. The molecule has 1 aromatic rings. The van der Waals surface area contributed by atoms with Gasteiger partial charge in [-0.15, -0.1) is 0 Å². The maximum absolute atomic E-state index is 13.2. The fourth-order valence-corrected chi connectivity index (χ4v) is 3.43. The van der Waals surface area contributed by atoms with Gasteiger partial charge in [-0.05, 0) is 31.0 Å². The molecule has 0 saturated carbocycles. The third-order valence-electron chi connectivity index (χ3n) is 4.38. The number of hydrogen-bond donors (Lipinski definition) is 1. The van der Waals surface area contributed by atoms with E-state index in [4.69, 9.17) is 0 Å². The van der Waals surface area contributed by atoms with E-state index in [0.29, 0.717) is 24.2 Å².